The molecule has 3 heterocycles. The molecule has 0 atom stereocenters. The van der Waals surface area contributed by atoms with Gasteiger partial charge in [-0.1, -0.05) is 55.7 Å². The van der Waals surface area contributed by atoms with E-state index < -0.39 is 0 Å². The van der Waals surface area contributed by atoms with Gasteiger partial charge in [0.1, 0.15) is 18.3 Å². The molecule has 0 N–H and O–H groups in total. The molecule has 1 aliphatic rings. The number of hydrogen-bond acceptors (Lipinski definition) is 2. The van der Waals surface area contributed by atoms with Gasteiger partial charge >= 0.3 is 0 Å². The van der Waals surface area contributed by atoms with Crippen LogP contribution in [0.3, 0.4) is 0 Å². The molecule has 1 saturated carbocycles. The van der Waals surface area contributed by atoms with Crippen LogP contribution in [0.1, 0.15) is 49.1 Å². The molecule has 0 amide bonds. The highest BCUT2D eigenvalue weighted by Gasteiger charge is 2.22. The monoisotopic (exact) mass is 433 g/mol. The first-order valence-corrected chi connectivity index (χ1v) is 12.1. The highest BCUT2D eigenvalue weighted by molar-refractivity contribution is 6.12. The zero-order valence-corrected chi connectivity index (χ0v) is 19.3. The lowest BCUT2D eigenvalue weighted by Crippen LogP contribution is -2.30. The van der Waals surface area contributed by atoms with E-state index in [2.05, 4.69) is 85.4 Å². The molecule has 0 unspecified atom stereocenters. The molecule has 2 aromatic carbocycles. The van der Waals surface area contributed by atoms with E-state index in [0.29, 0.717) is 5.92 Å². The van der Waals surface area contributed by atoms with Crippen LogP contribution in [0.4, 0.5) is 0 Å². The fourth-order valence-corrected chi connectivity index (χ4v) is 5.52. The summed E-state index contributed by atoms with van der Waals surface area (Å²) in [5.41, 5.74) is 8.78. The number of nitrogens with zero attached hydrogens (tertiary/aromatic N) is 2. The van der Waals surface area contributed by atoms with E-state index in [1.807, 2.05) is 6.20 Å². The number of furan rings is 1. The van der Waals surface area contributed by atoms with Gasteiger partial charge in [-0.25, -0.2) is 4.57 Å². The van der Waals surface area contributed by atoms with E-state index in [0.717, 1.165) is 44.5 Å². The number of pyridine rings is 2. The first-order chi connectivity index (χ1) is 16.2. The average molecular weight is 434 g/mol. The van der Waals surface area contributed by atoms with E-state index in [9.17, 15) is 0 Å². The summed E-state index contributed by atoms with van der Waals surface area (Å²) < 4.78 is 8.78. The Bertz CT molecular complexity index is 1460. The molecule has 1 aliphatic carbocycles. The Labute approximate surface area is 194 Å². The second kappa shape index (κ2) is 8.15. The predicted molar refractivity (Wildman–Crippen MR) is 134 cm³/mol. The van der Waals surface area contributed by atoms with Crippen molar-refractivity contribution in [1.29, 1.82) is 0 Å². The fraction of sp³-hybridized carbons (Fsp3) is 0.267. The van der Waals surface area contributed by atoms with Gasteiger partial charge in [0.05, 0.1) is 5.56 Å². The van der Waals surface area contributed by atoms with Crippen molar-refractivity contribution >= 4 is 21.9 Å². The average Bonchev–Trinajstić information content (AvgIpc) is 3.24. The normalized spacial score (nSPS) is 14.8. The van der Waals surface area contributed by atoms with Crippen LogP contribution in [0, 0.1) is 6.92 Å². The first kappa shape index (κ1) is 20.2. The van der Waals surface area contributed by atoms with E-state index in [1.165, 1.54) is 43.2 Å². The minimum absolute atomic E-state index is 0.708. The van der Waals surface area contributed by atoms with Crippen molar-refractivity contribution in [3.8, 4) is 22.5 Å². The lowest BCUT2D eigenvalue weighted by molar-refractivity contribution is -0.660. The molecule has 3 aromatic heterocycles. The van der Waals surface area contributed by atoms with Crippen molar-refractivity contribution in [2.45, 2.75) is 44.9 Å². The number of fused-ring (bicyclic) bond motifs is 3. The van der Waals surface area contributed by atoms with Crippen molar-refractivity contribution in [1.82, 2.24) is 4.98 Å². The molecule has 3 heteroatoms. The summed E-state index contributed by atoms with van der Waals surface area (Å²) in [7, 11) is 2.08. The maximum atomic E-state index is 6.63. The van der Waals surface area contributed by atoms with Gasteiger partial charge in [-0.15, -0.1) is 0 Å². The molecule has 5 aromatic rings. The van der Waals surface area contributed by atoms with Crippen LogP contribution < -0.4 is 4.57 Å². The summed E-state index contributed by atoms with van der Waals surface area (Å²) in [6.07, 6.45) is 10.7. The highest BCUT2D eigenvalue weighted by atomic mass is 16.3. The second-order valence-corrected chi connectivity index (χ2v) is 9.43. The number of aryl methyl sites for hydroxylation is 2. The van der Waals surface area contributed by atoms with Gasteiger partial charge < -0.3 is 4.42 Å². The topological polar surface area (TPSA) is 29.9 Å². The lowest BCUT2D eigenvalue weighted by Gasteiger charge is -2.22. The third kappa shape index (κ3) is 3.43. The molecule has 0 aliphatic heterocycles. The summed E-state index contributed by atoms with van der Waals surface area (Å²) in [5, 5.41) is 2.25. The number of benzene rings is 2. The van der Waals surface area contributed by atoms with Gasteiger partial charge in [0.15, 0.2) is 11.8 Å². The molecule has 0 saturated heterocycles. The third-order valence-corrected chi connectivity index (χ3v) is 7.34. The molecule has 3 nitrogen and oxygen atoms in total. The molecule has 6 rings (SSSR count). The Hall–Kier alpha value is -3.46. The predicted octanol–water partition coefficient (Wildman–Crippen LogP) is 7.50. The van der Waals surface area contributed by atoms with Crippen molar-refractivity contribution in [3.05, 3.63) is 84.2 Å². The maximum Gasteiger partial charge on any atom is 0.216 e. The minimum atomic E-state index is 0.708. The van der Waals surface area contributed by atoms with E-state index in [-0.39, 0.29) is 0 Å². The van der Waals surface area contributed by atoms with Crippen LogP contribution in [0.25, 0.3) is 44.5 Å². The molecule has 1 fully saturated rings. The van der Waals surface area contributed by atoms with Crippen LogP contribution in [0.5, 0.6) is 0 Å². The highest BCUT2D eigenvalue weighted by Crippen LogP contribution is 2.40. The number of hydrogen-bond donors (Lipinski definition) is 0. The fourth-order valence-electron chi connectivity index (χ4n) is 5.52. The minimum Gasteiger partial charge on any atom is -0.453 e. The van der Waals surface area contributed by atoms with Gasteiger partial charge in [0.2, 0.25) is 5.69 Å². The van der Waals surface area contributed by atoms with Crippen molar-refractivity contribution in [2.75, 3.05) is 0 Å². The number of rotatable bonds is 3. The maximum absolute atomic E-state index is 6.63. The van der Waals surface area contributed by atoms with Crippen LogP contribution in [0.15, 0.2) is 77.5 Å². The molecule has 33 heavy (non-hydrogen) atoms. The molecule has 0 spiro atoms. The van der Waals surface area contributed by atoms with E-state index >= 15 is 0 Å². The second-order valence-electron chi connectivity index (χ2n) is 9.43. The Balaban J connectivity index is 1.51. The Morgan fingerprint density at radius 3 is 2.42 bits per heavy atom. The summed E-state index contributed by atoms with van der Waals surface area (Å²) >= 11 is 0. The van der Waals surface area contributed by atoms with Crippen LogP contribution in [-0.4, -0.2) is 4.98 Å². The van der Waals surface area contributed by atoms with Crippen LogP contribution in [-0.2, 0) is 7.05 Å². The molecule has 0 radical (unpaired) electrons. The Kier molecular flexibility index (Phi) is 4.98. The van der Waals surface area contributed by atoms with Crippen LogP contribution in [0.2, 0.25) is 0 Å². The lowest BCUT2D eigenvalue weighted by atomic mass is 9.84. The molecule has 164 valence electrons. The van der Waals surface area contributed by atoms with Crippen molar-refractivity contribution in [2.24, 2.45) is 7.05 Å². The summed E-state index contributed by atoms with van der Waals surface area (Å²) in [6, 6.07) is 21.8. The summed E-state index contributed by atoms with van der Waals surface area (Å²) in [6.45, 7) is 2.15. The molecule has 0 bridgehead atoms. The van der Waals surface area contributed by atoms with E-state index in [4.69, 9.17) is 9.40 Å². The quantitative estimate of drug-likeness (QED) is 0.276. The van der Waals surface area contributed by atoms with Gasteiger partial charge in [0, 0.05) is 34.7 Å². The number of aromatic nitrogens is 2. The Morgan fingerprint density at radius 1 is 0.848 bits per heavy atom. The van der Waals surface area contributed by atoms with Crippen molar-refractivity contribution < 1.29 is 8.98 Å². The Morgan fingerprint density at radius 2 is 1.64 bits per heavy atom. The van der Waals surface area contributed by atoms with Gasteiger partial charge in [0.25, 0.3) is 0 Å². The third-order valence-electron chi connectivity index (χ3n) is 7.34. The van der Waals surface area contributed by atoms with Crippen LogP contribution >= 0.6 is 0 Å². The largest absolute Gasteiger partial charge is 0.453 e. The first-order valence-electron chi connectivity index (χ1n) is 12.1. The zero-order chi connectivity index (χ0) is 22.4. The summed E-state index contributed by atoms with van der Waals surface area (Å²) in [4.78, 5) is 4.76. The smallest absolute Gasteiger partial charge is 0.216 e. The van der Waals surface area contributed by atoms with E-state index in [1.54, 1.807) is 0 Å². The SMILES string of the molecule is Cc1ccc2c(oc3c(-c4ccc(C5CCCCC5)cc4)nccc32)c1-c1cccc[n+]1C. The molecular weight excluding hydrogens is 404 g/mol. The van der Waals surface area contributed by atoms with Crippen molar-refractivity contribution in [3.63, 3.8) is 0 Å². The van der Waals surface area contributed by atoms with Gasteiger partial charge in [-0.3, -0.25) is 4.98 Å². The van der Waals surface area contributed by atoms with Gasteiger partial charge in [-0.2, -0.15) is 0 Å². The standard InChI is InChI=1S/C30H29N2O/c1-20-11-16-24-25-17-18-31-28(23-14-12-22(13-15-23)21-8-4-3-5-9-21)30(25)33-29(24)27(20)26-10-6-7-19-32(26)2/h6-7,10-19,21H,3-5,8-9H2,1-2H3/q+1. The molecular formula is C30H29N2O+. The van der Waals surface area contributed by atoms with Gasteiger partial charge in [-0.05, 0) is 48.9 Å². The summed E-state index contributed by atoms with van der Waals surface area (Å²) in [5.74, 6) is 0.708. The zero-order valence-electron chi connectivity index (χ0n) is 19.3.